The van der Waals surface area contributed by atoms with Crippen molar-refractivity contribution in [1.29, 1.82) is 0 Å². The second-order valence-corrected chi connectivity index (χ2v) is 10.5. The summed E-state index contributed by atoms with van der Waals surface area (Å²) >= 11 is 0. The molecular weight excluding hydrogens is 428 g/mol. The molecule has 2 aromatic rings. The molecule has 2 amide bonds. The number of fused-ring (bicyclic) bond motifs is 1. The Bertz CT molecular complexity index is 1120. The fourth-order valence-corrected chi connectivity index (χ4v) is 5.32. The smallest absolute Gasteiger partial charge is 0.230 e. The normalized spacial score (nSPS) is 17.7. The van der Waals surface area contributed by atoms with Crippen LogP contribution in [0.4, 0.5) is 11.4 Å². The molecule has 1 N–H and O–H groups in total. The maximum absolute atomic E-state index is 12.8. The summed E-state index contributed by atoms with van der Waals surface area (Å²) in [5.41, 5.74) is 2.26. The topological polar surface area (TPSA) is 92.8 Å². The highest BCUT2D eigenvalue weighted by Crippen LogP contribution is 2.39. The van der Waals surface area contributed by atoms with Crippen molar-refractivity contribution < 1.29 is 22.7 Å². The molecule has 0 saturated heterocycles. The number of carbonyl (C=O) groups excluding carboxylic acids is 2. The van der Waals surface area contributed by atoms with Crippen LogP contribution in [0.5, 0.6) is 5.75 Å². The number of anilines is 2. The zero-order chi connectivity index (χ0) is 22.9. The van der Waals surface area contributed by atoms with Gasteiger partial charge >= 0.3 is 0 Å². The van der Waals surface area contributed by atoms with E-state index < -0.39 is 9.84 Å². The van der Waals surface area contributed by atoms with Gasteiger partial charge in [-0.25, -0.2) is 8.42 Å². The van der Waals surface area contributed by atoms with Crippen molar-refractivity contribution in [2.45, 2.75) is 50.5 Å². The molecule has 0 unspecified atom stereocenters. The number of hydrogen-bond donors (Lipinski definition) is 1. The molecule has 2 aliphatic rings. The van der Waals surface area contributed by atoms with Gasteiger partial charge in [-0.15, -0.1) is 0 Å². The van der Waals surface area contributed by atoms with Gasteiger partial charge in [-0.2, -0.15) is 0 Å². The Morgan fingerprint density at radius 2 is 1.84 bits per heavy atom. The molecule has 32 heavy (non-hydrogen) atoms. The van der Waals surface area contributed by atoms with Crippen molar-refractivity contribution in [2.75, 3.05) is 22.6 Å². The molecule has 1 aliphatic heterocycles. The second kappa shape index (κ2) is 8.94. The highest BCUT2D eigenvalue weighted by atomic mass is 32.2. The lowest BCUT2D eigenvalue weighted by molar-refractivity contribution is -0.120. The van der Waals surface area contributed by atoms with Crippen LogP contribution in [0.3, 0.4) is 0 Å². The molecule has 1 heterocycles. The molecular formula is C24H28N2O5S. The minimum atomic E-state index is -3.63. The van der Waals surface area contributed by atoms with Crippen LogP contribution in [-0.2, 0) is 25.8 Å². The number of amides is 2. The zero-order valence-corrected chi connectivity index (χ0v) is 19.2. The van der Waals surface area contributed by atoms with Gasteiger partial charge in [0.25, 0.3) is 0 Å². The molecule has 1 aliphatic carbocycles. The standard InChI is InChI=1S/C24H28N2O5S/c1-3-31-20-8-6-19(7-9-20)25-23(27)12-13-32(29,30)21-10-11-22-18(15-21)14-16(2)26(22)24(28)17-4-5-17/h6-11,15-17H,3-5,12-14H2,1-2H3,(H,25,27)/t16-/m1/s1. The van der Waals surface area contributed by atoms with Crippen molar-refractivity contribution >= 4 is 33.0 Å². The van der Waals surface area contributed by atoms with E-state index in [1.54, 1.807) is 42.5 Å². The predicted octanol–water partition coefficient (Wildman–Crippen LogP) is 3.58. The molecule has 0 radical (unpaired) electrons. The third-order valence-corrected chi connectivity index (χ3v) is 7.55. The number of nitrogens with zero attached hydrogens (tertiary/aromatic N) is 1. The highest BCUT2D eigenvalue weighted by Gasteiger charge is 2.39. The van der Waals surface area contributed by atoms with E-state index in [0.29, 0.717) is 24.5 Å². The molecule has 0 aromatic heterocycles. The molecule has 0 spiro atoms. The molecule has 1 atom stereocenters. The summed E-state index contributed by atoms with van der Waals surface area (Å²) in [5, 5.41) is 2.71. The Balaban J connectivity index is 1.39. The Labute approximate surface area is 188 Å². The van der Waals surface area contributed by atoms with Gasteiger partial charge in [0.15, 0.2) is 9.84 Å². The molecule has 8 heteroatoms. The Morgan fingerprint density at radius 3 is 2.50 bits per heavy atom. The van der Waals surface area contributed by atoms with Gasteiger partial charge in [-0.1, -0.05) is 0 Å². The lowest BCUT2D eigenvalue weighted by Crippen LogP contribution is -2.36. The summed E-state index contributed by atoms with van der Waals surface area (Å²) in [6.45, 7) is 4.43. The summed E-state index contributed by atoms with van der Waals surface area (Å²) in [5.74, 6) is 0.304. The van der Waals surface area contributed by atoms with E-state index in [4.69, 9.17) is 4.74 Å². The van der Waals surface area contributed by atoms with Crippen LogP contribution in [0.15, 0.2) is 47.4 Å². The molecule has 0 bridgehead atoms. The van der Waals surface area contributed by atoms with Gasteiger partial charge in [-0.05, 0) is 81.1 Å². The summed E-state index contributed by atoms with van der Waals surface area (Å²) in [6, 6.07) is 11.9. The van der Waals surface area contributed by atoms with Gasteiger partial charge in [0.2, 0.25) is 11.8 Å². The Hall–Kier alpha value is -2.87. The zero-order valence-electron chi connectivity index (χ0n) is 18.3. The lowest BCUT2D eigenvalue weighted by atomic mass is 10.1. The molecule has 7 nitrogen and oxygen atoms in total. The summed E-state index contributed by atoms with van der Waals surface area (Å²) in [6.07, 6.45) is 2.36. The number of ether oxygens (including phenoxy) is 1. The van der Waals surface area contributed by atoms with Crippen LogP contribution in [0, 0.1) is 5.92 Å². The van der Waals surface area contributed by atoms with Crippen LogP contribution in [0.25, 0.3) is 0 Å². The summed E-state index contributed by atoms with van der Waals surface area (Å²) in [4.78, 5) is 26.9. The second-order valence-electron chi connectivity index (χ2n) is 8.40. The first-order valence-corrected chi connectivity index (χ1v) is 12.6. The third-order valence-electron chi connectivity index (χ3n) is 5.84. The number of nitrogens with one attached hydrogen (secondary N) is 1. The van der Waals surface area contributed by atoms with Gasteiger partial charge in [0.1, 0.15) is 5.75 Å². The monoisotopic (exact) mass is 456 g/mol. The minimum absolute atomic E-state index is 0.0240. The van der Waals surface area contributed by atoms with Crippen LogP contribution in [0.2, 0.25) is 0 Å². The number of hydrogen-bond acceptors (Lipinski definition) is 5. The van der Waals surface area contributed by atoms with E-state index in [-0.39, 0.29) is 40.8 Å². The largest absolute Gasteiger partial charge is 0.494 e. The average molecular weight is 457 g/mol. The fourth-order valence-electron chi connectivity index (χ4n) is 4.03. The highest BCUT2D eigenvalue weighted by molar-refractivity contribution is 7.91. The van der Waals surface area contributed by atoms with E-state index >= 15 is 0 Å². The van der Waals surface area contributed by atoms with Gasteiger partial charge < -0.3 is 15.0 Å². The third kappa shape index (κ3) is 4.80. The predicted molar refractivity (Wildman–Crippen MR) is 123 cm³/mol. The quantitative estimate of drug-likeness (QED) is 0.656. The molecule has 2 aromatic carbocycles. The van der Waals surface area contributed by atoms with Crippen molar-refractivity contribution in [3.8, 4) is 5.75 Å². The van der Waals surface area contributed by atoms with Gasteiger partial charge in [-0.3, -0.25) is 9.59 Å². The van der Waals surface area contributed by atoms with Crippen molar-refractivity contribution in [2.24, 2.45) is 5.92 Å². The molecule has 4 rings (SSSR count). The van der Waals surface area contributed by atoms with E-state index in [9.17, 15) is 18.0 Å². The first kappa shape index (κ1) is 22.3. The molecule has 1 saturated carbocycles. The number of rotatable bonds is 8. The van der Waals surface area contributed by atoms with Crippen molar-refractivity contribution in [1.82, 2.24) is 0 Å². The van der Waals surface area contributed by atoms with Crippen LogP contribution < -0.4 is 15.0 Å². The van der Waals surface area contributed by atoms with E-state index in [2.05, 4.69) is 5.32 Å². The van der Waals surface area contributed by atoms with Gasteiger partial charge in [0, 0.05) is 29.8 Å². The van der Waals surface area contributed by atoms with Gasteiger partial charge in [0.05, 0.1) is 17.3 Å². The first-order chi connectivity index (χ1) is 15.3. The maximum Gasteiger partial charge on any atom is 0.230 e. The maximum atomic E-state index is 12.8. The van der Waals surface area contributed by atoms with Crippen LogP contribution >= 0.6 is 0 Å². The molecule has 170 valence electrons. The van der Waals surface area contributed by atoms with Crippen molar-refractivity contribution in [3.05, 3.63) is 48.0 Å². The average Bonchev–Trinajstić information content (AvgIpc) is 3.55. The fraction of sp³-hybridized carbons (Fsp3) is 0.417. The number of benzene rings is 2. The first-order valence-electron chi connectivity index (χ1n) is 11.0. The number of carbonyl (C=O) groups is 2. The Kier molecular flexibility index (Phi) is 6.24. The van der Waals surface area contributed by atoms with Crippen LogP contribution in [-0.4, -0.2) is 38.6 Å². The van der Waals surface area contributed by atoms with E-state index in [1.807, 2.05) is 18.7 Å². The minimum Gasteiger partial charge on any atom is -0.494 e. The SMILES string of the molecule is CCOc1ccc(NC(=O)CCS(=O)(=O)c2ccc3c(c2)C[C@@H](C)N3C(=O)C2CC2)cc1. The van der Waals surface area contributed by atoms with Crippen LogP contribution in [0.1, 0.15) is 38.7 Å². The summed E-state index contributed by atoms with van der Waals surface area (Å²) in [7, 11) is -3.63. The van der Waals surface area contributed by atoms with E-state index in [1.165, 1.54) is 0 Å². The number of sulfone groups is 1. The summed E-state index contributed by atoms with van der Waals surface area (Å²) < 4.78 is 31.1. The van der Waals surface area contributed by atoms with Crippen molar-refractivity contribution in [3.63, 3.8) is 0 Å². The lowest BCUT2D eigenvalue weighted by Gasteiger charge is -2.22. The van der Waals surface area contributed by atoms with E-state index in [0.717, 1.165) is 24.1 Å². The molecule has 1 fully saturated rings. The Morgan fingerprint density at radius 1 is 1.12 bits per heavy atom.